The summed E-state index contributed by atoms with van der Waals surface area (Å²) in [6, 6.07) is 14.1. The number of hydrogen-bond donors (Lipinski definition) is 1. The van der Waals surface area contributed by atoms with Crippen molar-refractivity contribution < 1.29 is 23.9 Å². The van der Waals surface area contributed by atoms with Crippen LogP contribution in [0.4, 0.5) is 5.69 Å². The molecule has 0 unspecified atom stereocenters. The third-order valence-corrected chi connectivity index (χ3v) is 4.17. The molecule has 1 N–H and O–H groups in total. The van der Waals surface area contributed by atoms with Gasteiger partial charge in [0.15, 0.2) is 19.0 Å². The molecule has 6 nitrogen and oxygen atoms in total. The van der Waals surface area contributed by atoms with Crippen molar-refractivity contribution in [2.45, 2.75) is 19.3 Å². The molecule has 0 fully saturated rings. The minimum Gasteiger partial charge on any atom is -0.482 e. The molecule has 1 amide bonds. The van der Waals surface area contributed by atoms with Gasteiger partial charge in [0.05, 0.1) is 11.6 Å². The zero-order chi connectivity index (χ0) is 18.5. The highest BCUT2D eigenvalue weighted by Crippen LogP contribution is 2.28. The fraction of sp³-hybridized carbons (Fsp3) is 0.250. The number of fused-ring (bicyclic) bond motifs is 1. The van der Waals surface area contributed by atoms with E-state index in [1.165, 1.54) is 6.07 Å². The number of nitrogens with one attached hydrogen (secondary N) is 1. The highest BCUT2D eigenvalue weighted by atomic mass is 16.5. The molecule has 26 heavy (non-hydrogen) atoms. The predicted octanol–water partition coefficient (Wildman–Crippen LogP) is 2.94. The fourth-order valence-electron chi connectivity index (χ4n) is 2.80. The van der Waals surface area contributed by atoms with Gasteiger partial charge in [0.1, 0.15) is 5.75 Å². The SMILES string of the molecule is CC[C@H](C(=O)OCC(=O)c1ccc2c(c1)NC(=O)CO2)c1ccccc1. The average molecular weight is 353 g/mol. The van der Waals surface area contributed by atoms with Crippen LogP contribution in [0.2, 0.25) is 0 Å². The molecule has 1 aliphatic heterocycles. The normalized spacial score (nSPS) is 13.8. The maximum absolute atomic E-state index is 12.3. The molecule has 0 bridgehead atoms. The summed E-state index contributed by atoms with van der Waals surface area (Å²) in [5.74, 6) is -0.943. The van der Waals surface area contributed by atoms with Crippen molar-refractivity contribution >= 4 is 23.3 Å². The number of carbonyl (C=O) groups is 3. The fourth-order valence-corrected chi connectivity index (χ4v) is 2.80. The number of esters is 1. The van der Waals surface area contributed by atoms with Crippen LogP contribution in [0.25, 0.3) is 0 Å². The van der Waals surface area contributed by atoms with Gasteiger partial charge in [-0.2, -0.15) is 0 Å². The second kappa shape index (κ2) is 7.82. The van der Waals surface area contributed by atoms with Crippen molar-refractivity contribution in [1.82, 2.24) is 0 Å². The maximum atomic E-state index is 12.3. The van der Waals surface area contributed by atoms with Crippen LogP contribution in [0.5, 0.6) is 5.75 Å². The Labute approximate surface area is 151 Å². The highest BCUT2D eigenvalue weighted by Gasteiger charge is 2.22. The first kappa shape index (κ1) is 17.7. The molecule has 0 radical (unpaired) electrons. The van der Waals surface area contributed by atoms with Crippen LogP contribution in [-0.4, -0.2) is 30.9 Å². The van der Waals surface area contributed by atoms with Crippen LogP contribution in [0.3, 0.4) is 0 Å². The number of rotatable bonds is 6. The zero-order valence-electron chi connectivity index (χ0n) is 14.4. The van der Waals surface area contributed by atoms with Gasteiger partial charge in [0.25, 0.3) is 5.91 Å². The van der Waals surface area contributed by atoms with Crippen molar-refractivity contribution in [2.75, 3.05) is 18.5 Å². The first-order valence-corrected chi connectivity index (χ1v) is 8.40. The Balaban J connectivity index is 1.64. The Morgan fingerprint density at radius 3 is 2.69 bits per heavy atom. The van der Waals surface area contributed by atoms with Gasteiger partial charge in [-0.25, -0.2) is 0 Å². The lowest BCUT2D eigenvalue weighted by Gasteiger charge is -2.18. The number of hydrogen-bond acceptors (Lipinski definition) is 5. The van der Waals surface area contributed by atoms with Crippen LogP contribution in [0, 0.1) is 0 Å². The van der Waals surface area contributed by atoms with Gasteiger partial charge in [-0.3, -0.25) is 14.4 Å². The standard InChI is InChI=1S/C20H19NO5/c1-2-15(13-6-4-3-5-7-13)20(24)26-11-17(22)14-8-9-18-16(10-14)21-19(23)12-25-18/h3-10,15H,2,11-12H2,1H3,(H,21,23)/t15-/m0/s1. The third kappa shape index (κ3) is 3.91. The quantitative estimate of drug-likeness (QED) is 0.638. The van der Waals surface area contributed by atoms with E-state index in [2.05, 4.69) is 5.32 Å². The molecule has 0 saturated heterocycles. The molecule has 0 aromatic heterocycles. The number of Topliss-reactive ketones (excluding diaryl/α,β-unsaturated/α-hetero) is 1. The summed E-state index contributed by atoms with van der Waals surface area (Å²) < 4.78 is 10.5. The summed E-state index contributed by atoms with van der Waals surface area (Å²) in [7, 11) is 0. The number of carbonyl (C=O) groups excluding carboxylic acids is 3. The summed E-state index contributed by atoms with van der Waals surface area (Å²) in [4.78, 5) is 36.0. The Morgan fingerprint density at radius 2 is 1.96 bits per heavy atom. The molecule has 2 aromatic carbocycles. The second-order valence-corrected chi connectivity index (χ2v) is 5.95. The van der Waals surface area contributed by atoms with E-state index in [0.717, 1.165) is 5.56 Å². The van der Waals surface area contributed by atoms with Crippen molar-refractivity contribution in [3.8, 4) is 5.75 Å². The van der Waals surface area contributed by atoms with Gasteiger partial charge in [0, 0.05) is 5.56 Å². The lowest BCUT2D eigenvalue weighted by atomic mass is 9.97. The second-order valence-electron chi connectivity index (χ2n) is 5.95. The molecular formula is C20H19NO5. The summed E-state index contributed by atoms with van der Waals surface area (Å²) in [6.07, 6.45) is 0.583. The number of anilines is 1. The van der Waals surface area contributed by atoms with E-state index >= 15 is 0 Å². The van der Waals surface area contributed by atoms with Crippen molar-refractivity contribution in [3.63, 3.8) is 0 Å². The number of ketones is 1. The largest absolute Gasteiger partial charge is 0.482 e. The van der Waals surface area contributed by atoms with Crippen LogP contribution >= 0.6 is 0 Å². The maximum Gasteiger partial charge on any atom is 0.313 e. The first-order valence-electron chi connectivity index (χ1n) is 8.40. The van der Waals surface area contributed by atoms with Gasteiger partial charge in [0.2, 0.25) is 0 Å². The number of benzene rings is 2. The van der Waals surface area contributed by atoms with Crippen LogP contribution in [0.15, 0.2) is 48.5 Å². The summed E-state index contributed by atoms with van der Waals surface area (Å²) in [5.41, 5.74) is 1.64. The molecule has 3 rings (SSSR count). The van der Waals surface area contributed by atoms with E-state index in [-0.39, 0.29) is 24.9 Å². The van der Waals surface area contributed by atoms with Crippen LogP contribution < -0.4 is 10.1 Å². The molecule has 2 aromatic rings. The topological polar surface area (TPSA) is 81.7 Å². The van der Waals surface area contributed by atoms with Crippen molar-refractivity contribution in [1.29, 1.82) is 0 Å². The summed E-state index contributed by atoms with van der Waals surface area (Å²) in [5, 5.41) is 2.64. The zero-order valence-corrected chi connectivity index (χ0v) is 14.4. The Bertz CT molecular complexity index is 831. The van der Waals surface area contributed by atoms with Crippen molar-refractivity contribution in [3.05, 3.63) is 59.7 Å². The number of ether oxygens (including phenoxy) is 2. The monoisotopic (exact) mass is 353 g/mol. The van der Waals surface area contributed by atoms with Crippen molar-refractivity contribution in [2.24, 2.45) is 0 Å². The molecule has 1 heterocycles. The van der Waals surface area contributed by atoms with E-state index in [9.17, 15) is 14.4 Å². The smallest absolute Gasteiger partial charge is 0.313 e. The Hall–Kier alpha value is -3.15. The lowest BCUT2D eigenvalue weighted by Crippen LogP contribution is -2.25. The first-order chi connectivity index (χ1) is 12.6. The average Bonchev–Trinajstić information content (AvgIpc) is 2.67. The summed E-state index contributed by atoms with van der Waals surface area (Å²) in [6.45, 7) is 1.50. The van der Waals surface area contributed by atoms with E-state index in [4.69, 9.17) is 9.47 Å². The number of amides is 1. The molecule has 6 heteroatoms. The van der Waals surface area contributed by atoms with Gasteiger partial charge >= 0.3 is 5.97 Å². The third-order valence-electron chi connectivity index (χ3n) is 4.17. The van der Waals surface area contributed by atoms with E-state index in [1.54, 1.807) is 12.1 Å². The Kier molecular flexibility index (Phi) is 5.31. The predicted molar refractivity (Wildman–Crippen MR) is 95.3 cm³/mol. The molecule has 1 atom stereocenters. The molecule has 0 aliphatic carbocycles. The van der Waals surface area contributed by atoms with Gasteiger partial charge in [-0.15, -0.1) is 0 Å². The van der Waals surface area contributed by atoms with Gasteiger partial charge in [-0.05, 0) is 30.2 Å². The molecule has 134 valence electrons. The van der Waals surface area contributed by atoms with Crippen LogP contribution in [-0.2, 0) is 14.3 Å². The molecule has 0 saturated carbocycles. The Morgan fingerprint density at radius 1 is 1.19 bits per heavy atom. The van der Waals surface area contributed by atoms with E-state index in [0.29, 0.717) is 23.4 Å². The summed E-state index contributed by atoms with van der Waals surface area (Å²) >= 11 is 0. The highest BCUT2D eigenvalue weighted by molar-refractivity contribution is 6.01. The molecule has 1 aliphatic rings. The van der Waals surface area contributed by atoms with E-state index in [1.807, 2.05) is 37.3 Å². The minimum absolute atomic E-state index is 0.0458. The van der Waals surface area contributed by atoms with Crippen LogP contribution in [0.1, 0.15) is 35.2 Å². The molecule has 0 spiro atoms. The minimum atomic E-state index is -0.429. The van der Waals surface area contributed by atoms with Gasteiger partial charge < -0.3 is 14.8 Å². The van der Waals surface area contributed by atoms with Gasteiger partial charge in [-0.1, -0.05) is 37.3 Å². The van der Waals surface area contributed by atoms with E-state index < -0.39 is 11.9 Å². The molecular weight excluding hydrogens is 334 g/mol. The lowest BCUT2D eigenvalue weighted by molar-refractivity contribution is -0.144.